The number of aromatic nitrogens is 1. The molecule has 28 heavy (non-hydrogen) atoms. The monoisotopic (exact) mass is 414 g/mol. The molecule has 0 spiro atoms. The van der Waals surface area contributed by atoms with Gasteiger partial charge in [-0.15, -0.1) is 11.3 Å². The fraction of sp³-hybridized carbons (Fsp3) is 0.273. The van der Waals surface area contributed by atoms with Crippen molar-refractivity contribution in [2.24, 2.45) is 5.92 Å². The Morgan fingerprint density at radius 2 is 1.93 bits per heavy atom. The normalized spacial score (nSPS) is 10.9. The zero-order valence-corrected chi connectivity index (χ0v) is 17.5. The molecule has 146 valence electrons. The Labute approximate surface area is 174 Å². The number of rotatable bonds is 8. The summed E-state index contributed by atoms with van der Waals surface area (Å²) in [7, 11) is 0. The first kappa shape index (κ1) is 20.4. The number of carbonyl (C=O) groups is 1. The number of nitrogens with zero attached hydrogens (tertiary/aromatic N) is 1. The van der Waals surface area contributed by atoms with Crippen molar-refractivity contribution in [3.05, 3.63) is 70.2 Å². The highest BCUT2D eigenvalue weighted by atomic mass is 35.5. The van der Waals surface area contributed by atoms with Crippen molar-refractivity contribution >= 4 is 28.8 Å². The van der Waals surface area contributed by atoms with Crippen molar-refractivity contribution in [1.29, 1.82) is 0 Å². The largest absolute Gasteiger partial charge is 0.489 e. The second-order valence-electron chi connectivity index (χ2n) is 6.88. The molecule has 0 atom stereocenters. The van der Waals surface area contributed by atoms with Gasteiger partial charge in [0.05, 0.1) is 0 Å². The van der Waals surface area contributed by atoms with Gasteiger partial charge in [0.25, 0.3) is 5.91 Å². The van der Waals surface area contributed by atoms with E-state index in [0.29, 0.717) is 29.8 Å². The summed E-state index contributed by atoms with van der Waals surface area (Å²) in [5.41, 5.74) is 2.36. The zero-order chi connectivity index (χ0) is 19.9. The van der Waals surface area contributed by atoms with Crippen LogP contribution in [-0.4, -0.2) is 17.4 Å². The fourth-order valence-electron chi connectivity index (χ4n) is 2.55. The SMILES string of the molecule is CC(C)CCNC(=O)c1csc(-c2ccc(OCc3ccccc3Cl)cc2)n1. The third-order valence-electron chi connectivity index (χ3n) is 4.20. The zero-order valence-electron chi connectivity index (χ0n) is 15.9. The molecule has 0 aliphatic heterocycles. The van der Waals surface area contributed by atoms with E-state index in [4.69, 9.17) is 16.3 Å². The van der Waals surface area contributed by atoms with Crippen molar-refractivity contribution in [1.82, 2.24) is 10.3 Å². The summed E-state index contributed by atoms with van der Waals surface area (Å²) in [6.07, 6.45) is 0.957. The molecule has 0 aliphatic carbocycles. The van der Waals surface area contributed by atoms with E-state index in [-0.39, 0.29) is 5.91 Å². The topological polar surface area (TPSA) is 51.2 Å². The first-order valence-corrected chi connectivity index (χ1v) is 10.5. The number of halogens is 1. The number of hydrogen-bond donors (Lipinski definition) is 1. The number of amides is 1. The van der Waals surface area contributed by atoms with Crippen molar-refractivity contribution < 1.29 is 9.53 Å². The van der Waals surface area contributed by atoms with E-state index in [2.05, 4.69) is 24.1 Å². The smallest absolute Gasteiger partial charge is 0.270 e. The van der Waals surface area contributed by atoms with Gasteiger partial charge in [0.2, 0.25) is 0 Å². The van der Waals surface area contributed by atoms with Gasteiger partial charge in [-0.2, -0.15) is 0 Å². The van der Waals surface area contributed by atoms with Crippen LogP contribution in [0.25, 0.3) is 10.6 Å². The highest BCUT2D eigenvalue weighted by molar-refractivity contribution is 7.13. The first-order chi connectivity index (χ1) is 13.5. The van der Waals surface area contributed by atoms with Gasteiger partial charge in [0.15, 0.2) is 0 Å². The van der Waals surface area contributed by atoms with Gasteiger partial charge >= 0.3 is 0 Å². The van der Waals surface area contributed by atoms with Crippen LogP contribution in [0.3, 0.4) is 0 Å². The van der Waals surface area contributed by atoms with E-state index in [1.54, 1.807) is 5.38 Å². The maximum absolute atomic E-state index is 12.2. The Balaban J connectivity index is 1.58. The average Bonchev–Trinajstić information content (AvgIpc) is 3.18. The van der Waals surface area contributed by atoms with Crippen LogP contribution in [0.1, 0.15) is 36.3 Å². The van der Waals surface area contributed by atoms with Crippen molar-refractivity contribution in [2.75, 3.05) is 6.54 Å². The minimum absolute atomic E-state index is 0.122. The lowest BCUT2D eigenvalue weighted by molar-refractivity contribution is 0.0948. The molecule has 0 saturated carbocycles. The van der Waals surface area contributed by atoms with Crippen LogP contribution in [0.5, 0.6) is 5.75 Å². The highest BCUT2D eigenvalue weighted by Crippen LogP contribution is 2.26. The molecule has 0 bridgehead atoms. The summed E-state index contributed by atoms with van der Waals surface area (Å²) in [5.74, 6) is 1.19. The number of nitrogens with one attached hydrogen (secondary N) is 1. The molecule has 0 aliphatic rings. The number of benzene rings is 2. The van der Waals surface area contributed by atoms with Gasteiger partial charge in [-0.1, -0.05) is 43.6 Å². The summed E-state index contributed by atoms with van der Waals surface area (Å²) in [4.78, 5) is 16.6. The van der Waals surface area contributed by atoms with Crippen LogP contribution in [-0.2, 0) is 6.61 Å². The molecule has 1 N–H and O–H groups in total. The van der Waals surface area contributed by atoms with Crippen LogP contribution < -0.4 is 10.1 Å². The van der Waals surface area contributed by atoms with Crippen LogP contribution in [0, 0.1) is 5.92 Å². The number of carbonyl (C=O) groups excluding carboxylic acids is 1. The average molecular weight is 415 g/mol. The van der Waals surface area contributed by atoms with Crippen LogP contribution >= 0.6 is 22.9 Å². The predicted octanol–water partition coefficient (Wildman–Crippen LogP) is 5.82. The van der Waals surface area contributed by atoms with Gasteiger partial charge < -0.3 is 10.1 Å². The molecule has 3 rings (SSSR count). The molecular formula is C22H23ClN2O2S. The second kappa shape index (κ2) is 9.71. The molecule has 1 amide bonds. The first-order valence-electron chi connectivity index (χ1n) is 9.23. The number of thiazole rings is 1. The molecule has 0 unspecified atom stereocenters. The van der Waals surface area contributed by atoms with Gasteiger partial charge in [0.1, 0.15) is 23.1 Å². The Hall–Kier alpha value is -2.37. The molecule has 2 aromatic carbocycles. The quantitative estimate of drug-likeness (QED) is 0.505. The van der Waals surface area contributed by atoms with E-state index in [1.165, 1.54) is 11.3 Å². The minimum atomic E-state index is -0.122. The molecule has 0 radical (unpaired) electrons. The number of hydrogen-bond acceptors (Lipinski definition) is 4. The van der Waals surface area contributed by atoms with Gasteiger partial charge in [-0.3, -0.25) is 4.79 Å². The molecular weight excluding hydrogens is 392 g/mol. The van der Waals surface area contributed by atoms with Crippen LogP contribution in [0.4, 0.5) is 0 Å². The van der Waals surface area contributed by atoms with Crippen LogP contribution in [0.2, 0.25) is 5.02 Å². The maximum atomic E-state index is 12.2. The lowest BCUT2D eigenvalue weighted by Crippen LogP contribution is -2.25. The molecule has 1 aromatic heterocycles. The lowest BCUT2D eigenvalue weighted by atomic mass is 10.1. The van der Waals surface area contributed by atoms with Crippen molar-refractivity contribution in [3.63, 3.8) is 0 Å². The molecule has 0 fully saturated rings. The third-order valence-corrected chi connectivity index (χ3v) is 5.46. The highest BCUT2D eigenvalue weighted by Gasteiger charge is 2.12. The number of ether oxygens (including phenoxy) is 1. The van der Waals surface area contributed by atoms with E-state index < -0.39 is 0 Å². The lowest BCUT2D eigenvalue weighted by Gasteiger charge is -2.08. The van der Waals surface area contributed by atoms with Crippen molar-refractivity contribution in [2.45, 2.75) is 26.9 Å². The molecule has 6 heteroatoms. The summed E-state index contributed by atoms with van der Waals surface area (Å²) >= 11 is 7.61. The Bertz CT molecular complexity index is 922. The fourth-order valence-corrected chi connectivity index (χ4v) is 3.54. The van der Waals surface area contributed by atoms with Crippen LogP contribution in [0.15, 0.2) is 53.9 Å². The standard InChI is InChI=1S/C22H23ClN2O2S/c1-15(2)11-12-24-21(26)20-14-28-22(25-20)16-7-9-18(10-8-16)27-13-17-5-3-4-6-19(17)23/h3-10,14-15H,11-13H2,1-2H3,(H,24,26). The predicted molar refractivity (Wildman–Crippen MR) is 115 cm³/mol. The van der Waals surface area contributed by atoms with Gasteiger partial charge in [0, 0.05) is 28.1 Å². The Morgan fingerprint density at radius 3 is 2.64 bits per heavy atom. The van der Waals surface area contributed by atoms with Gasteiger partial charge in [-0.25, -0.2) is 4.98 Å². The minimum Gasteiger partial charge on any atom is -0.489 e. The van der Waals surface area contributed by atoms with E-state index in [0.717, 1.165) is 28.3 Å². The summed E-state index contributed by atoms with van der Waals surface area (Å²) in [6.45, 7) is 5.35. The molecule has 0 saturated heterocycles. The molecule has 3 aromatic rings. The second-order valence-corrected chi connectivity index (χ2v) is 8.15. The van der Waals surface area contributed by atoms with E-state index >= 15 is 0 Å². The van der Waals surface area contributed by atoms with E-state index in [9.17, 15) is 4.79 Å². The Morgan fingerprint density at radius 1 is 1.18 bits per heavy atom. The third kappa shape index (κ3) is 5.57. The van der Waals surface area contributed by atoms with Gasteiger partial charge in [-0.05, 0) is 42.7 Å². The summed E-state index contributed by atoms with van der Waals surface area (Å²) < 4.78 is 5.81. The molecule has 1 heterocycles. The maximum Gasteiger partial charge on any atom is 0.270 e. The summed E-state index contributed by atoms with van der Waals surface area (Å²) in [6, 6.07) is 15.3. The summed E-state index contributed by atoms with van der Waals surface area (Å²) in [5, 5.41) is 6.22. The Kier molecular flexibility index (Phi) is 7.06. The van der Waals surface area contributed by atoms with E-state index in [1.807, 2.05) is 48.5 Å². The van der Waals surface area contributed by atoms with Crippen molar-refractivity contribution in [3.8, 4) is 16.3 Å². The molecule has 4 nitrogen and oxygen atoms in total.